The first-order valence-electron chi connectivity index (χ1n) is 6.11. The zero-order valence-electron chi connectivity index (χ0n) is 10.6. The molecule has 1 aromatic heterocycles. The fraction of sp³-hybridized carbons (Fsp3) is 0.615. The van der Waals surface area contributed by atoms with E-state index in [1.165, 1.54) is 18.5 Å². The van der Waals surface area contributed by atoms with Crippen molar-refractivity contribution in [2.45, 2.75) is 39.2 Å². The fourth-order valence-electron chi connectivity index (χ4n) is 1.58. The fourth-order valence-corrected chi connectivity index (χ4v) is 1.58. The summed E-state index contributed by atoms with van der Waals surface area (Å²) in [5, 5.41) is 0. The van der Waals surface area contributed by atoms with E-state index in [-0.39, 0.29) is 6.04 Å². The van der Waals surface area contributed by atoms with Gasteiger partial charge in [-0.1, -0.05) is 20.3 Å². The number of aromatic nitrogens is 1. The van der Waals surface area contributed by atoms with E-state index in [2.05, 4.69) is 36.8 Å². The lowest BCUT2D eigenvalue weighted by Crippen LogP contribution is -2.19. The van der Waals surface area contributed by atoms with Crippen LogP contribution in [0.5, 0.6) is 0 Å². The van der Waals surface area contributed by atoms with Crippen LogP contribution in [-0.4, -0.2) is 18.6 Å². The standard InChI is InChI=1S/C13H23N3/c1-4-6-9-16(3)11-7-8-13(15-10-11)12(14)5-2/h7-8,10,12H,4-6,9,14H2,1-3H3/t12-/m0/s1. The lowest BCUT2D eigenvalue weighted by atomic mass is 10.1. The van der Waals surface area contributed by atoms with E-state index in [0.717, 1.165) is 18.7 Å². The maximum absolute atomic E-state index is 5.92. The Morgan fingerprint density at radius 3 is 2.62 bits per heavy atom. The number of pyridine rings is 1. The molecule has 0 unspecified atom stereocenters. The minimum atomic E-state index is 0.0648. The Balaban J connectivity index is 2.63. The van der Waals surface area contributed by atoms with Crippen LogP contribution in [0.15, 0.2) is 18.3 Å². The van der Waals surface area contributed by atoms with Gasteiger partial charge in [0.25, 0.3) is 0 Å². The SMILES string of the molecule is CCCCN(C)c1ccc([C@@H](N)CC)nc1. The predicted molar refractivity (Wildman–Crippen MR) is 69.6 cm³/mol. The van der Waals surface area contributed by atoms with E-state index in [1.807, 2.05) is 12.3 Å². The number of unbranched alkanes of at least 4 members (excludes halogenated alkanes) is 1. The lowest BCUT2D eigenvalue weighted by molar-refractivity contribution is 0.674. The third-order valence-electron chi connectivity index (χ3n) is 2.88. The first-order chi connectivity index (χ1) is 7.69. The highest BCUT2D eigenvalue weighted by Crippen LogP contribution is 2.16. The molecule has 0 spiro atoms. The van der Waals surface area contributed by atoms with E-state index in [4.69, 9.17) is 5.73 Å². The molecule has 1 heterocycles. The Labute approximate surface area is 98.7 Å². The van der Waals surface area contributed by atoms with Crippen LogP contribution >= 0.6 is 0 Å². The molecular formula is C13H23N3. The second kappa shape index (κ2) is 6.48. The van der Waals surface area contributed by atoms with Crippen molar-refractivity contribution in [1.29, 1.82) is 0 Å². The summed E-state index contributed by atoms with van der Waals surface area (Å²) in [6, 6.07) is 4.20. The van der Waals surface area contributed by atoms with Gasteiger partial charge in [-0.3, -0.25) is 4.98 Å². The number of nitrogens with two attached hydrogens (primary N) is 1. The van der Waals surface area contributed by atoms with Crippen LogP contribution < -0.4 is 10.6 Å². The van der Waals surface area contributed by atoms with Crippen LogP contribution in [-0.2, 0) is 0 Å². The van der Waals surface area contributed by atoms with Gasteiger partial charge in [0.2, 0.25) is 0 Å². The number of hydrogen-bond acceptors (Lipinski definition) is 3. The van der Waals surface area contributed by atoms with Crippen molar-refractivity contribution in [1.82, 2.24) is 4.98 Å². The molecule has 90 valence electrons. The Morgan fingerprint density at radius 1 is 1.38 bits per heavy atom. The molecule has 0 radical (unpaired) electrons. The average Bonchev–Trinajstić information content (AvgIpc) is 2.35. The maximum atomic E-state index is 5.92. The first-order valence-corrected chi connectivity index (χ1v) is 6.11. The third-order valence-corrected chi connectivity index (χ3v) is 2.88. The molecule has 0 bridgehead atoms. The van der Waals surface area contributed by atoms with Gasteiger partial charge in [-0.2, -0.15) is 0 Å². The van der Waals surface area contributed by atoms with Crippen LogP contribution in [0.3, 0.4) is 0 Å². The molecular weight excluding hydrogens is 198 g/mol. The van der Waals surface area contributed by atoms with Crippen molar-refractivity contribution in [3.63, 3.8) is 0 Å². The molecule has 1 rings (SSSR count). The van der Waals surface area contributed by atoms with Crippen LogP contribution in [0.4, 0.5) is 5.69 Å². The van der Waals surface area contributed by atoms with E-state index in [0.29, 0.717) is 0 Å². The van der Waals surface area contributed by atoms with Crippen LogP contribution in [0.25, 0.3) is 0 Å². The van der Waals surface area contributed by atoms with Gasteiger partial charge in [0.05, 0.1) is 17.6 Å². The minimum absolute atomic E-state index is 0.0648. The highest BCUT2D eigenvalue weighted by atomic mass is 15.1. The average molecular weight is 221 g/mol. The normalized spacial score (nSPS) is 12.5. The molecule has 16 heavy (non-hydrogen) atoms. The van der Waals surface area contributed by atoms with Gasteiger partial charge in [-0.05, 0) is 25.0 Å². The summed E-state index contributed by atoms with van der Waals surface area (Å²) in [6.07, 6.45) is 5.28. The summed E-state index contributed by atoms with van der Waals surface area (Å²) < 4.78 is 0. The molecule has 0 aliphatic rings. The molecule has 0 aliphatic carbocycles. The second-order valence-electron chi connectivity index (χ2n) is 4.23. The summed E-state index contributed by atoms with van der Waals surface area (Å²) in [6.45, 7) is 5.36. The van der Waals surface area contributed by atoms with Crippen molar-refractivity contribution in [3.05, 3.63) is 24.0 Å². The van der Waals surface area contributed by atoms with Gasteiger partial charge in [0.15, 0.2) is 0 Å². The van der Waals surface area contributed by atoms with Crippen molar-refractivity contribution in [2.24, 2.45) is 5.73 Å². The van der Waals surface area contributed by atoms with Crippen molar-refractivity contribution in [2.75, 3.05) is 18.5 Å². The number of rotatable bonds is 6. The van der Waals surface area contributed by atoms with Gasteiger partial charge < -0.3 is 10.6 Å². The van der Waals surface area contributed by atoms with Crippen molar-refractivity contribution in [3.8, 4) is 0 Å². The van der Waals surface area contributed by atoms with Gasteiger partial charge in [-0.15, -0.1) is 0 Å². The maximum Gasteiger partial charge on any atom is 0.0572 e. The van der Waals surface area contributed by atoms with Crippen LogP contribution in [0.1, 0.15) is 44.8 Å². The molecule has 0 amide bonds. The Kier molecular flexibility index (Phi) is 5.26. The van der Waals surface area contributed by atoms with Gasteiger partial charge in [-0.25, -0.2) is 0 Å². The first kappa shape index (κ1) is 13.0. The number of nitrogens with zero attached hydrogens (tertiary/aromatic N) is 2. The van der Waals surface area contributed by atoms with Crippen LogP contribution in [0.2, 0.25) is 0 Å². The molecule has 0 fully saturated rings. The largest absolute Gasteiger partial charge is 0.373 e. The number of anilines is 1. The highest BCUT2D eigenvalue weighted by Gasteiger charge is 2.05. The monoisotopic (exact) mass is 221 g/mol. The summed E-state index contributed by atoms with van der Waals surface area (Å²) in [5.74, 6) is 0. The van der Waals surface area contributed by atoms with E-state index < -0.39 is 0 Å². The minimum Gasteiger partial charge on any atom is -0.373 e. The summed E-state index contributed by atoms with van der Waals surface area (Å²) >= 11 is 0. The summed E-state index contributed by atoms with van der Waals surface area (Å²) in [5.41, 5.74) is 8.07. The van der Waals surface area contributed by atoms with Crippen molar-refractivity contribution >= 4 is 5.69 Å². The molecule has 0 saturated heterocycles. The molecule has 1 aromatic rings. The Hall–Kier alpha value is -1.09. The smallest absolute Gasteiger partial charge is 0.0572 e. The van der Waals surface area contributed by atoms with Gasteiger partial charge in [0, 0.05) is 19.6 Å². The third kappa shape index (κ3) is 3.49. The predicted octanol–water partition coefficient (Wildman–Crippen LogP) is 2.73. The van der Waals surface area contributed by atoms with E-state index in [9.17, 15) is 0 Å². The summed E-state index contributed by atoms with van der Waals surface area (Å²) in [7, 11) is 2.10. The topological polar surface area (TPSA) is 42.1 Å². The van der Waals surface area contributed by atoms with E-state index in [1.54, 1.807) is 0 Å². The zero-order chi connectivity index (χ0) is 12.0. The van der Waals surface area contributed by atoms with Gasteiger partial charge in [0.1, 0.15) is 0 Å². The van der Waals surface area contributed by atoms with Crippen LogP contribution in [0, 0.1) is 0 Å². The molecule has 0 aliphatic heterocycles. The zero-order valence-corrected chi connectivity index (χ0v) is 10.6. The summed E-state index contributed by atoms with van der Waals surface area (Å²) in [4.78, 5) is 6.65. The van der Waals surface area contributed by atoms with E-state index >= 15 is 0 Å². The quantitative estimate of drug-likeness (QED) is 0.803. The highest BCUT2D eigenvalue weighted by molar-refractivity contribution is 5.43. The molecule has 3 heteroatoms. The Bertz CT molecular complexity index is 295. The number of hydrogen-bond donors (Lipinski definition) is 1. The molecule has 0 aromatic carbocycles. The molecule has 3 nitrogen and oxygen atoms in total. The Morgan fingerprint density at radius 2 is 2.12 bits per heavy atom. The van der Waals surface area contributed by atoms with Gasteiger partial charge >= 0.3 is 0 Å². The molecule has 0 saturated carbocycles. The van der Waals surface area contributed by atoms with Crippen molar-refractivity contribution < 1.29 is 0 Å². The molecule has 1 atom stereocenters. The lowest BCUT2D eigenvalue weighted by Gasteiger charge is -2.19. The molecule has 2 N–H and O–H groups in total. The second-order valence-corrected chi connectivity index (χ2v) is 4.23.